The number of rotatable bonds is 5. The van der Waals surface area contributed by atoms with Gasteiger partial charge in [-0.3, -0.25) is 4.68 Å². The summed E-state index contributed by atoms with van der Waals surface area (Å²) >= 11 is 0. The molecule has 2 aliphatic heterocycles. The van der Waals surface area contributed by atoms with Gasteiger partial charge in [-0.1, -0.05) is 12.1 Å². The summed E-state index contributed by atoms with van der Waals surface area (Å²) < 4.78 is 48.4. The van der Waals surface area contributed by atoms with E-state index >= 15 is 0 Å². The number of hydrogen-bond acceptors (Lipinski definition) is 4. The Kier molecular flexibility index (Phi) is 5.77. The van der Waals surface area contributed by atoms with E-state index in [-0.39, 0.29) is 16.3 Å². The van der Waals surface area contributed by atoms with Crippen molar-refractivity contribution in [3.8, 4) is 0 Å². The van der Waals surface area contributed by atoms with E-state index in [4.69, 9.17) is 4.74 Å². The number of ether oxygens (including phenoxy) is 1. The van der Waals surface area contributed by atoms with Gasteiger partial charge in [-0.05, 0) is 62.6 Å². The monoisotopic (exact) mass is 421 g/mol. The van der Waals surface area contributed by atoms with Crippen molar-refractivity contribution in [2.24, 2.45) is 5.92 Å². The second-order valence-electron chi connectivity index (χ2n) is 8.16. The van der Waals surface area contributed by atoms with Crippen LogP contribution in [0.15, 0.2) is 41.6 Å². The maximum Gasteiger partial charge on any atom is 0.246 e. The van der Waals surface area contributed by atoms with E-state index in [0.29, 0.717) is 45.0 Å². The number of piperidine rings is 1. The number of benzene rings is 1. The molecule has 6 nitrogen and oxygen atoms in total. The van der Waals surface area contributed by atoms with Crippen molar-refractivity contribution in [2.75, 3.05) is 19.7 Å². The first kappa shape index (κ1) is 20.5. The largest absolute Gasteiger partial charge is 0.375 e. The van der Waals surface area contributed by atoms with E-state index in [0.717, 1.165) is 24.8 Å². The van der Waals surface area contributed by atoms with Crippen molar-refractivity contribution >= 4 is 10.0 Å². The van der Waals surface area contributed by atoms with E-state index in [2.05, 4.69) is 5.10 Å². The Hall–Kier alpha value is -1.77. The zero-order valence-electron chi connectivity index (χ0n) is 16.8. The summed E-state index contributed by atoms with van der Waals surface area (Å²) in [4.78, 5) is 0.258. The van der Waals surface area contributed by atoms with Crippen molar-refractivity contribution in [1.29, 1.82) is 0 Å². The lowest BCUT2D eigenvalue weighted by Crippen LogP contribution is -2.50. The summed E-state index contributed by atoms with van der Waals surface area (Å²) in [6, 6.07) is 6.72. The van der Waals surface area contributed by atoms with Crippen LogP contribution in [-0.2, 0) is 27.7 Å². The topological polar surface area (TPSA) is 64.4 Å². The van der Waals surface area contributed by atoms with E-state index in [9.17, 15) is 12.8 Å². The Morgan fingerprint density at radius 1 is 1.24 bits per heavy atom. The van der Waals surface area contributed by atoms with E-state index in [1.54, 1.807) is 15.2 Å². The molecule has 2 fully saturated rings. The summed E-state index contributed by atoms with van der Waals surface area (Å²) in [6.07, 6.45) is 7.24. The molecule has 29 heavy (non-hydrogen) atoms. The molecule has 0 amide bonds. The van der Waals surface area contributed by atoms with Gasteiger partial charge in [0.05, 0.1) is 11.8 Å². The van der Waals surface area contributed by atoms with E-state index < -0.39 is 10.0 Å². The SMILES string of the molecule is CCn1cc(S(=O)(=O)N2CCC3(CC2)CC(Cc2ccc(F)cc2)CCO3)cn1. The van der Waals surface area contributed by atoms with Crippen LogP contribution in [0.5, 0.6) is 0 Å². The molecule has 1 atom stereocenters. The van der Waals surface area contributed by atoms with Gasteiger partial charge in [-0.25, -0.2) is 12.8 Å². The average molecular weight is 422 g/mol. The number of sulfonamides is 1. The van der Waals surface area contributed by atoms with Crippen molar-refractivity contribution in [3.63, 3.8) is 0 Å². The fraction of sp³-hybridized carbons (Fsp3) is 0.571. The maximum atomic E-state index is 13.1. The highest BCUT2D eigenvalue weighted by molar-refractivity contribution is 7.89. The molecule has 1 spiro atoms. The fourth-order valence-electron chi connectivity index (χ4n) is 4.54. The third-order valence-electron chi connectivity index (χ3n) is 6.24. The van der Waals surface area contributed by atoms with Crippen LogP contribution in [0.3, 0.4) is 0 Å². The second-order valence-corrected chi connectivity index (χ2v) is 10.1. The molecule has 1 aromatic carbocycles. The lowest BCUT2D eigenvalue weighted by Gasteiger charge is -2.45. The molecule has 1 unspecified atom stereocenters. The molecule has 3 heterocycles. The highest BCUT2D eigenvalue weighted by atomic mass is 32.2. The number of aromatic nitrogens is 2. The third-order valence-corrected chi connectivity index (χ3v) is 8.09. The Balaban J connectivity index is 1.39. The lowest BCUT2D eigenvalue weighted by atomic mass is 9.78. The molecule has 2 aromatic rings. The van der Waals surface area contributed by atoms with Crippen molar-refractivity contribution in [1.82, 2.24) is 14.1 Å². The van der Waals surface area contributed by atoms with E-state index in [1.165, 1.54) is 18.3 Å². The first-order valence-corrected chi connectivity index (χ1v) is 11.8. The van der Waals surface area contributed by atoms with Gasteiger partial charge in [-0.2, -0.15) is 9.40 Å². The van der Waals surface area contributed by atoms with Crippen LogP contribution in [0.4, 0.5) is 4.39 Å². The first-order valence-electron chi connectivity index (χ1n) is 10.3. The van der Waals surface area contributed by atoms with Gasteiger partial charge < -0.3 is 4.74 Å². The smallest absolute Gasteiger partial charge is 0.246 e. The number of halogens is 1. The molecule has 8 heteroatoms. The van der Waals surface area contributed by atoms with Gasteiger partial charge in [0.2, 0.25) is 10.0 Å². The van der Waals surface area contributed by atoms with Crippen LogP contribution in [-0.4, -0.2) is 47.8 Å². The number of aryl methyl sites for hydroxylation is 1. The summed E-state index contributed by atoms with van der Waals surface area (Å²) in [6.45, 7) is 4.19. The van der Waals surface area contributed by atoms with Crippen LogP contribution in [0.25, 0.3) is 0 Å². The van der Waals surface area contributed by atoms with Crippen molar-refractivity contribution < 1.29 is 17.5 Å². The fourth-order valence-corrected chi connectivity index (χ4v) is 5.94. The minimum Gasteiger partial charge on any atom is -0.375 e. The molecular weight excluding hydrogens is 393 g/mol. The standard InChI is InChI=1S/C21H28FN3O3S/c1-2-24-16-20(15-23-24)29(26,27)25-10-8-21(9-11-25)14-18(7-12-28-21)13-17-3-5-19(22)6-4-17/h3-6,15-16,18H,2,7-14H2,1H3. The van der Waals surface area contributed by atoms with E-state index in [1.807, 2.05) is 19.1 Å². The van der Waals surface area contributed by atoms with Crippen LogP contribution >= 0.6 is 0 Å². The predicted molar refractivity (Wildman–Crippen MR) is 107 cm³/mol. The van der Waals surface area contributed by atoms with Gasteiger partial charge in [0, 0.05) is 32.4 Å². The molecule has 2 saturated heterocycles. The molecule has 158 valence electrons. The highest BCUT2D eigenvalue weighted by Gasteiger charge is 2.42. The molecule has 2 aliphatic rings. The number of hydrogen-bond donors (Lipinski definition) is 0. The molecule has 0 radical (unpaired) electrons. The average Bonchev–Trinajstić information content (AvgIpc) is 3.21. The zero-order valence-corrected chi connectivity index (χ0v) is 17.6. The van der Waals surface area contributed by atoms with Gasteiger partial charge in [0.25, 0.3) is 0 Å². The molecule has 0 bridgehead atoms. The van der Waals surface area contributed by atoms with Crippen LogP contribution < -0.4 is 0 Å². The number of nitrogens with zero attached hydrogens (tertiary/aromatic N) is 3. The van der Waals surface area contributed by atoms with Crippen LogP contribution in [0.1, 0.15) is 38.2 Å². The molecule has 0 aliphatic carbocycles. The molecule has 0 saturated carbocycles. The molecule has 4 rings (SSSR count). The van der Waals surface area contributed by atoms with Gasteiger partial charge in [-0.15, -0.1) is 0 Å². The van der Waals surface area contributed by atoms with Crippen LogP contribution in [0, 0.1) is 11.7 Å². The summed E-state index contributed by atoms with van der Waals surface area (Å²) in [5, 5.41) is 4.10. The van der Waals surface area contributed by atoms with Gasteiger partial charge >= 0.3 is 0 Å². The quantitative estimate of drug-likeness (QED) is 0.744. The Labute approximate surface area is 171 Å². The predicted octanol–water partition coefficient (Wildman–Crippen LogP) is 3.23. The van der Waals surface area contributed by atoms with Crippen LogP contribution in [0.2, 0.25) is 0 Å². The molecule has 1 aromatic heterocycles. The summed E-state index contributed by atoms with van der Waals surface area (Å²) in [7, 11) is -3.51. The Morgan fingerprint density at radius 3 is 2.62 bits per heavy atom. The second kappa shape index (κ2) is 8.16. The third kappa shape index (κ3) is 4.39. The molecular formula is C21H28FN3O3S. The minimum atomic E-state index is -3.51. The maximum absolute atomic E-state index is 13.1. The normalized spacial score (nSPS) is 22.8. The zero-order chi connectivity index (χ0) is 20.5. The van der Waals surface area contributed by atoms with Crippen molar-refractivity contribution in [3.05, 3.63) is 48.0 Å². The van der Waals surface area contributed by atoms with Crippen molar-refractivity contribution in [2.45, 2.75) is 56.1 Å². The van der Waals surface area contributed by atoms with Gasteiger partial charge in [0.15, 0.2) is 0 Å². The Morgan fingerprint density at radius 2 is 1.97 bits per heavy atom. The lowest BCUT2D eigenvalue weighted by molar-refractivity contribution is -0.120. The molecule has 0 N–H and O–H groups in total. The van der Waals surface area contributed by atoms with Gasteiger partial charge in [0.1, 0.15) is 10.7 Å². The highest BCUT2D eigenvalue weighted by Crippen LogP contribution is 2.39. The minimum absolute atomic E-state index is 0.213. The Bertz CT molecular complexity index is 934. The summed E-state index contributed by atoms with van der Waals surface area (Å²) in [5.74, 6) is 0.260. The first-order chi connectivity index (χ1) is 13.9. The summed E-state index contributed by atoms with van der Waals surface area (Å²) in [5.41, 5.74) is 0.893.